The Bertz CT molecular complexity index is 1030. The van der Waals surface area contributed by atoms with Crippen LogP contribution in [0.3, 0.4) is 0 Å². The zero-order valence-corrected chi connectivity index (χ0v) is 16.1. The number of nitrogens with zero attached hydrogens (tertiary/aromatic N) is 1. The predicted octanol–water partition coefficient (Wildman–Crippen LogP) is 2.64. The quantitative estimate of drug-likeness (QED) is 0.561. The fourth-order valence-electron chi connectivity index (χ4n) is 3.56. The molecule has 1 saturated heterocycles. The van der Waals surface area contributed by atoms with Gasteiger partial charge in [-0.15, -0.1) is 0 Å². The van der Waals surface area contributed by atoms with E-state index in [0.29, 0.717) is 25.4 Å². The van der Waals surface area contributed by atoms with Gasteiger partial charge in [0.1, 0.15) is 23.7 Å². The molecule has 2 atom stereocenters. The highest BCUT2D eigenvalue weighted by molar-refractivity contribution is 5.84. The summed E-state index contributed by atoms with van der Waals surface area (Å²) in [6, 6.07) is 15.8. The molecule has 1 fully saturated rings. The minimum absolute atomic E-state index is 0.104. The molecule has 0 spiro atoms. The minimum Gasteiger partial charge on any atom is -0.489 e. The highest BCUT2D eigenvalue weighted by Gasteiger charge is 2.33. The smallest absolute Gasteiger partial charge is 0.226 e. The second-order valence-corrected chi connectivity index (χ2v) is 7.08. The number of aryl methyl sites for hydroxylation is 1. The summed E-state index contributed by atoms with van der Waals surface area (Å²) in [5, 5.41) is 3.92. The molecule has 2 aromatic carbocycles. The lowest BCUT2D eigenvalue weighted by molar-refractivity contribution is -0.125. The van der Waals surface area contributed by atoms with E-state index in [-0.39, 0.29) is 23.7 Å². The van der Waals surface area contributed by atoms with Crippen LogP contribution in [-0.4, -0.2) is 30.6 Å². The number of nitrogens with one attached hydrogen (secondary N) is 3. The Kier molecular flexibility index (Phi) is 5.69. The first kappa shape index (κ1) is 19.3. The number of ether oxygens (including phenoxy) is 1. The second kappa shape index (κ2) is 8.55. The third kappa shape index (κ3) is 4.36. The Hall–Kier alpha value is -3.03. The molecule has 1 aliphatic rings. The van der Waals surface area contributed by atoms with Crippen LogP contribution in [0.2, 0.25) is 0 Å². The SMILES string of the molecule is Cc1ccc2cccc(OCCNC(=O)C3CNNC3c3cccc(F)c3)c2n1. The number of fused-ring (bicyclic) bond motifs is 1. The predicted molar refractivity (Wildman–Crippen MR) is 109 cm³/mol. The van der Waals surface area contributed by atoms with E-state index in [0.717, 1.165) is 22.2 Å². The number of benzene rings is 2. The maximum absolute atomic E-state index is 13.5. The summed E-state index contributed by atoms with van der Waals surface area (Å²) in [7, 11) is 0. The lowest BCUT2D eigenvalue weighted by atomic mass is 9.94. The molecule has 1 aromatic heterocycles. The Balaban J connectivity index is 1.34. The van der Waals surface area contributed by atoms with E-state index in [1.807, 2.05) is 43.3 Å². The van der Waals surface area contributed by atoms with Crippen molar-refractivity contribution in [3.8, 4) is 5.75 Å². The number of para-hydroxylation sites is 1. The van der Waals surface area contributed by atoms with E-state index in [1.54, 1.807) is 6.07 Å². The van der Waals surface area contributed by atoms with Gasteiger partial charge in [0.25, 0.3) is 0 Å². The molecule has 0 aliphatic carbocycles. The molecule has 1 amide bonds. The van der Waals surface area contributed by atoms with Crippen LogP contribution in [-0.2, 0) is 4.79 Å². The Morgan fingerprint density at radius 3 is 2.97 bits per heavy atom. The van der Waals surface area contributed by atoms with Gasteiger partial charge in [0, 0.05) is 17.6 Å². The molecular weight excluding hydrogens is 371 g/mol. The first-order valence-corrected chi connectivity index (χ1v) is 9.62. The van der Waals surface area contributed by atoms with Gasteiger partial charge in [0.2, 0.25) is 5.91 Å². The number of pyridine rings is 1. The average Bonchev–Trinajstić information content (AvgIpc) is 3.21. The van der Waals surface area contributed by atoms with E-state index in [1.165, 1.54) is 12.1 Å². The lowest BCUT2D eigenvalue weighted by Crippen LogP contribution is -2.37. The van der Waals surface area contributed by atoms with E-state index in [2.05, 4.69) is 21.2 Å². The third-order valence-electron chi connectivity index (χ3n) is 5.01. The van der Waals surface area contributed by atoms with Crippen LogP contribution >= 0.6 is 0 Å². The number of carbonyl (C=O) groups excluding carboxylic acids is 1. The number of hydrogen-bond acceptors (Lipinski definition) is 5. The van der Waals surface area contributed by atoms with Gasteiger partial charge in [-0.2, -0.15) is 0 Å². The monoisotopic (exact) mass is 394 g/mol. The van der Waals surface area contributed by atoms with E-state index in [9.17, 15) is 9.18 Å². The summed E-state index contributed by atoms with van der Waals surface area (Å²) >= 11 is 0. The van der Waals surface area contributed by atoms with Crippen LogP contribution in [0.15, 0.2) is 54.6 Å². The first-order chi connectivity index (χ1) is 14.1. The summed E-state index contributed by atoms with van der Waals surface area (Å²) in [5.41, 5.74) is 8.52. The average molecular weight is 394 g/mol. The number of rotatable bonds is 6. The van der Waals surface area contributed by atoms with Crippen LogP contribution in [0.25, 0.3) is 10.9 Å². The zero-order valence-electron chi connectivity index (χ0n) is 16.1. The van der Waals surface area contributed by atoms with Crippen molar-refractivity contribution in [3.05, 3.63) is 71.7 Å². The Morgan fingerprint density at radius 1 is 1.24 bits per heavy atom. The summed E-state index contributed by atoms with van der Waals surface area (Å²) < 4.78 is 19.4. The van der Waals surface area contributed by atoms with Crippen molar-refractivity contribution in [2.75, 3.05) is 19.7 Å². The Labute approximate surface area is 168 Å². The van der Waals surface area contributed by atoms with Gasteiger partial charge >= 0.3 is 0 Å². The number of aromatic nitrogens is 1. The maximum atomic E-state index is 13.5. The van der Waals surface area contributed by atoms with Gasteiger partial charge in [-0.1, -0.05) is 30.3 Å². The molecule has 0 bridgehead atoms. The van der Waals surface area contributed by atoms with Crippen molar-refractivity contribution < 1.29 is 13.9 Å². The number of halogens is 1. The van der Waals surface area contributed by atoms with E-state index < -0.39 is 0 Å². The highest BCUT2D eigenvalue weighted by atomic mass is 19.1. The number of hydrazine groups is 1. The highest BCUT2D eigenvalue weighted by Crippen LogP contribution is 2.26. The summed E-state index contributed by atoms with van der Waals surface area (Å²) in [5.74, 6) is -0.0594. The van der Waals surface area contributed by atoms with Crippen molar-refractivity contribution in [1.29, 1.82) is 0 Å². The molecule has 0 saturated carbocycles. The topological polar surface area (TPSA) is 75.3 Å². The summed E-state index contributed by atoms with van der Waals surface area (Å²) in [6.07, 6.45) is 0. The molecule has 4 rings (SSSR count). The third-order valence-corrected chi connectivity index (χ3v) is 5.01. The molecule has 2 unspecified atom stereocenters. The minimum atomic E-state index is -0.335. The fourth-order valence-corrected chi connectivity index (χ4v) is 3.56. The molecular formula is C22H23FN4O2. The van der Waals surface area contributed by atoms with Crippen molar-refractivity contribution in [1.82, 2.24) is 21.2 Å². The number of amides is 1. The summed E-state index contributed by atoms with van der Waals surface area (Å²) in [6.45, 7) is 3.11. The number of carbonyl (C=O) groups is 1. The molecule has 29 heavy (non-hydrogen) atoms. The van der Waals surface area contributed by atoms with Crippen LogP contribution in [0.4, 0.5) is 4.39 Å². The van der Waals surface area contributed by atoms with Crippen LogP contribution < -0.4 is 20.9 Å². The van der Waals surface area contributed by atoms with Crippen molar-refractivity contribution in [2.45, 2.75) is 13.0 Å². The van der Waals surface area contributed by atoms with E-state index in [4.69, 9.17) is 4.74 Å². The second-order valence-electron chi connectivity index (χ2n) is 7.08. The molecule has 3 N–H and O–H groups in total. The van der Waals surface area contributed by atoms with Crippen LogP contribution in [0.5, 0.6) is 5.75 Å². The van der Waals surface area contributed by atoms with Crippen molar-refractivity contribution in [3.63, 3.8) is 0 Å². The van der Waals surface area contributed by atoms with Crippen LogP contribution in [0, 0.1) is 18.7 Å². The molecule has 0 radical (unpaired) electrons. The van der Waals surface area contributed by atoms with Gasteiger partial charge in [0.05, 0.1) is 18.5 Å². The molecule has 2 heterocycles. The molecule has 150 valence electrons. The van der Waals surface area contributed by atoms with Gasteiger partial charge in [-0.05, 0) is 36.8 Å². The standard InChI is InChI=1S/C22H23FN4O2/c1-14-8-9-15-4-3-7-19(21(15)26-14)29-11-10-24-22(28)18-13-25-27-20(18)16-5-2-6-17(23)12-16/h2-9,12,18,20,25,27H,10-11,13H2,1H3,(H,24,28). The van der Waals surface area contributed by atoms with Gasteiger partial charge in [0.15, 0.2) is 0 Å². The normalized spacial score (nSPS) is 18.7. The lowest BCUT2D eigenvalue weighted by Gasteiger charge is -2.18. The molecule has 1 aliphatic heterocycles. The molecule has 7 heteroatoms. The molecule has 6 nitrogen and oxygen atoms in total. The summed E-state index contributed by atoms with van der Waals surface area (Å²) in [4.78, 5) is 17.2. The van der Waals surface area contributed by atoms with Crippen LogP contribution in [0.1, 0.15) is 17.3 Å². The largest absolute Gasteiger partial charge is 0.489 e. The van der Waals surface area contributed by atoms with Gasteiger partial charge in [-0.3, -0.25) is 10.2 Å². The maximum Gasteiger partial charge on any atom is 0.226 e. The fraction of sp³-hybridized carbons (Fsp3) is 0.273. The van der Waals surface area contributed by atoms with Crippen molar-refractivity contribution >= 4 is 16.8 Å². The number of hydrogen-bond donors (Lipinski definition) is 3. The van der Waals surface area contributed by atoms with Gasteiger partial charge in [-0.25, -0.2) is 14.8 Å². The van der Waals surface area contributed by atoms with E-state index >= 15 is 0 Å². The molecule has 3 aromatic rings. The first-order valence-electron chi connectivity index (χ1n) is 9.62. The zero-order chi connectivity index (χ0) is 20.2. The Morgan fingerprint density at radius 2 is 2.10 bits per heavy atom. The van der Waals surface area contributed by atoms with Crippen molar-refractivity contribution in [2.24, 2.45) is 5.92 Å². The van der Waals surface area contributed by atoms with Gasteiger partial charge < -0.3 is 10.1 Å².